The molecule has 0 aliphatic rings. The molecule has 0 bridgehead atoms. The van der Waals surface area contributed by atoms with Crippen LogP contribution >= 0.6 is 12.2 Å². The van der Waals surface area contributed by atoms with Gasteiger partial charge in [-0.3, -0.25) is 0 Å². The van der Waals surface area contributed by atoms with E-state index >= 15 is 0 Å². The van der Waals surface area contributed by atoms with Crippen LogP contribution < -0.4 is 15.8 Å². The second kappa shape index (κ2) is 6.49. The van der Waals surface area contributed by atoms with Crippen molar-refractivity contribution in [1.82, 2.24) is 0 Å². The van der Waals surface area contributed by atoms with Gasteiger partial charge in [-0.15, -0.1) is 0 Å². The second-order valence-electron chi connectivity index (χ2n) is 4.39. The fourth-order valence-corrected chi connectivity index (χ4v) is 2.07. The van der Waals surface area contributed by atoms with Crippen LogP contribution in [0.15, 0.2) is 42.5 Å². The van der Waals surface area contributed by atoms with E-state index in [0.717, 1.165) is 22.5 Å². The number of para-hydroxylation sites is 1. The number of anilines is 2. The van der Waals surface area contributed by atoms with Crippen LogP contribution in [0, 0.1) is 6.92 Å². The quantitative estimate of drug-likeness (QED) is 0.820. The molecule has 0 aliphatic carbocycles. The van der Waals surface area contributed by atoms with Crippen molar-refractivity contribution in [2.24, 2.45) is 5.73 Å². The molecule has 3 N–H and O–H groups in total. The molecule has 0 radical (unpaired) electrons. The van der Waals surface area contributed by atoms with Gasteiger partial charge in [0.15, 0.2) is 0 Å². The van der Waals surface area contributed by atoms with Crippen LogP contribution in [0.5, 0.6) is 5.75 Å². The summed E-state index contributed by atoms with van der Waals surface area (Å²) in [5.74, 6) is 0.106. The van der Waals surface area contributed by atoms with E-state index < -0.39 is 6.61 Å². The largest absolute Gasteiger partial charge is 0.435 e. The van der Waals surface area contributed by atoms with Crippen molar-refractivity contribution in [2.75, 3.05) is 5.32 Å². The molecule has 0 spiro atoms. The van der Waals surface area contributed by atoms with Crippen LogP contribution in [0.4, 0.5) is 20.2 Å². The zero-order valence-electron chi connectivity index (χ0n) is 11.3. The lowest BCUT2D eigenvalue weighted by Gasteiger charge is -2.14. The first-order valence-electron chi connectivity index (χ1n) is 6.18. The SMILES string of the molecule is Cc1cccc(C(N)=S)c1Nc1ccc(OC(F)F)cc1. The van der Waals surface area contributed by atoms with Gasteiger partial charge in [0.25, 0.3) is 0 Å². The average Bonchev–Trinajstić information content (AvgIpc) is 2.42. The molecule has 0 heterocycles. The van der Waals surface area contributed by atoms with E-state index in [2.05, 4.69) is 10.1 Å². The third-order valence-corrected chi connectivity index (χ3v) is 3.11. The molecule has 0 amide bonds. The van der Waals surface area contributed by atoms with Gasteiger partial charge < -0.3 is 15.8 Å². The molecule has 0 atom stereocenters. The van der Waals surface area contributed by atoms with Crippen molar-refractivity contribution in [2.45, 2.75) is 13.5 Å². The summed E-state index contributed by atoms with van der Waals surface area (Å²) >= 11 is 5.03. The minimum Gasteiger partial charge on any atom is -0.435 e. The Labute approximate surface area is 126 Å². The zero-order valence-corrected chi connectivity index (χ0v) is 12.1. The second-order valence-corrected chi connectivity index (χ2v) is 4.83. The Morgan fingerprint density at radius 2 is 1.86 bits per heavy atom. The number of ether oxygens (including phenoxy) is 1. The molecule has 0 saturated heterocycles. The molecule has 2 aromatic carbocycles. The molecule has 2 aromatic rings. The third-order valence-electron chi connectivity index (χ3n) is 2.89. The van der Waals surface area contributed by atoms with Gasteiger partial charge in [-0.25, -0.2) is 0 Å². The summed E-state index contributed by atoms with van der Waals surface area (Å²) in [6.45, 7) is -0.903. The lowest BCUT2D eigenvalue weighted by Crippen LogP contribution is -2.12. The van der Waals surface area contributed by atoms with Gasteiger partial charge in [-0.2, -0.15) is 8.78 Å². The first-order valence-corrected chi connectivity index (χ1v) is 6.59. The van der Waals surface area contributed by atoms with Crippen molar-refractivity contribution in [1.29, 1.82) is 0 Å². The Kier molecular flexibility index (Phi) is 4.70. The number of nitrogens with one attached hydrogen (secondary N) is 1. The van der Waals surface area contributed by atoms with E-state index in [1.807, 2.05) is 25.1 Å². The summed E-state index contributed by atoms with van der Waals surface area (Å²) in [7, 11) is 0. The van der Waals surface area contributed by atoms with Crippen LogP contribution in [-0.4, -0.2) is 11.6 Å². The summed E-state index contributed by atoms with van der Waals surface area (Å²) in [5, 5.41) is 3.19. The Balaban J connectivity index is 2.24. The first-order chi connectivity index (χ1) is 9.97. The normalized spacial score (nSPS) is 10.5. The molecular weight excluding hydrogens is 294 g/mol. The Morgan fingerprint density at radius 1 is 1.19 bits per heavy atom. The van der Waals surface area contributed by atoms with Crippen LogP contribution in [0.1, 0.15) is 11.1 Å². The summed E-state index contributed by atoms with van der Waals surface area (Å²) in [5.41, 5.74) is 8.94. The number of rotatable bonds is 5. The van der Waals surface area contributed by atoms with E-state index in [9.17, 15) is 8.78 Å². The predicted molar refractivity (Wildman–Crippen MR) is 83.4 cm³/mol. The number of hydrogen-bond acceptors (Lipinski definition) is 3. The number of thiocarbonyl (C=S) groups is 1. The van der Waals surface area contributed by atoms with Gasteiger partial charge in [0.05, 0.1) is 5.69 Å². The maximum Gasteiger partial charge on any atom is 0.387 e. The molecular formula is C15H14F2N2OS. The Hall–Kier alpha value is -2.21. The van der Waals surface area contributed by atoms with Gasteiger partial charge in [0.1, 0.15) is 10.7 Å². The van der Waals surface area contributed by atoms with Crippen molar-refractivity contribution in [3.05, 3.63) is 53.6 Å². The maximum atomic E-state index is 12.1. The van der Waals surface area contributed by atoms with Crippen LogP contribution in [0.3, 0.4) is 0 Å². The van der Waals surface area contributed by atoms with Crippen LogP contribution in [-0.2, 0) is 0 Å². The van der Waals surface area contributed by atoms with Crippen molar-refractivity contribution in [3.63, 3.8) is 0 Å². The van der Waals surface area contributed by atoms with E-state index in [4.69, 9.17) is 18.0 Å². The number of halogens is 2. The Bertz CT molecular complexity index is 645. The summed E-state index contributed by atoms with van der Waals surface area (Å²) in [6, 6.07) is 11.8. The molecule has 21 heavy (non-hydrogen) atoms. The highest BCUT2D eigenvalue weighted by Crippen LogP contribution is 2.26. The number of benzene rings is 2. The first kappa shape index (κ1) is 15.2. The minimum absolute atomic E-state index is 0.106. The monoisotopic (exact) mass is 308 g/mol. The molecule has 110 valence electrons. The molecule has 6 heteroatoms. The summed E-state index contributed by atoms with van der Waals surface area (Å²) in [6.07, 6.45) is 0. The smallest absolute Gasteiger partial charge is 0.387 e. The highest BCUT2D eigenvalue weighted by Gasteiger charge is 2.09. The molecule has 2 rings (SSSR count). The number of nitrogens with two attached hydrogens (primary N) is 1. The number of hydrogen-bond donors (Lipinski definition) is 2. The predicted octanol–water partition coefficient (Wildman–Crippen LogP) is 3.97. The number of aryl methyl sites for hydroxylation is 1. The van der Waals surface area contributed by atoms with Crippen molar-refractivity contribution < 1.29 is 13.5 Å². The fourth-order valence-electron chi connectivity index (χ4n) is 1.90. The third kappa shape index (κ3) is 3.88. The van der Waals surface area contributed by atoms with Gasteiger partial charge in [0.2, 0.25) is 0 Å². The molecule has 0 fully saturated rings. The van der Waals surface area contributed by atoms with E-state index in [1.165, 1.54) is 12.1 Å². The van der Waals surface area contributed by atoms with Crippen LogP contribution in [0.25, 0.3) is 0 Å². The van der Waals surface area contributed by atoms with Gasteiger partial charge in [0, 0.05) is 11.3 Å². The van der Waals surface area contributed by atoms with Gasteiger partial charge >= 0.3 is 6.61 Å². The summed E-state index contributed by atoms with van der Waals surface area (Å²) < 4.78 is 28.5. The zero-order chi connectivity index (χ0) is 15.4. The molecule has 3 nitrogen and oxygen atoms in total. The molecule has 0 saturated carbocycles. The molecule has 0 aromatic heterocycles. The van der Waals surface area contributed by atoms with Crippen molar-refractivity contribution >= 4 is 28.6 Å². The minimum atomic E-state index is -2.83. The molecule has 0 unspecified atom stereocenters. The van der Waals surface area contributed by atoms with Crippen LogP contribution in [0.2, 0.25) is 0 Å². The van der Waals surface area contributed by atoms with E-state index in [-0.39, 0.29) is 5.75 Å². The van der Waals surface area contributed by atoms with Gasteiger partial charge in [-0.1, -0.05) is 24.4 Å². The lowest BCUT2D eigenvalue weighted by molar-refractivity contribution is -0.0498. The maximum absolute atomic E-state index is 12.1. The van der Waals surface area contributed by atoms with Gasteiger partial charge in [-0.05, 0) is 42.8 Å². The fraction of sp³-hybridized carbons (Fsp3) is 0.133. The molecule has 0 aliphatic heterocycles. The Morgan fingerprint density at radius 3 is 2.43 bits per heavy atom. The average molecular weight is 308 g/mol. The van der Waals surface area contributed by atoms with E-state index in [1.54, 1.807) is 12.1 Å². The highest BCUT2D eigenvalue weighted by molar-refractivity contribution is 7.80. The van der Waals surface area contributed by atoms with Crippen molar-refractivity contribution in [3.8, 4) is 5.75 Å². The topological polar surface area (TPSA) is 47.3 Å². The summed E-state index contributed by atoms with van der Waals surface area (Å²) in [4.78, 5) is 0.291. The highest BCUT2D eigenvalue weighted by atomic mass is 32.1. The standard InChI is InChI=1S/C15H14F2N2OS/c1-9-3-2-4-12(14(18)21)13(9)19-10-5-7-11(8-6-10)20-15(16)17/h2-8,15,19H,1H3,(H2,18,21). The number of alkyl halides is 2. The van der Waals surface area contributed by atoms with E-state index in [0.29, 0.717) is 4.99 Å². The lowest BCUT2D eigenvalue weighted by atomic mass is 10.1.